The van der Waals surface area contributed by atoms with Crippen molar-refractivity contribution in [3.05, 3.63) is 0 Å². The van der Waals surface area contributed by atoms with E-state index in [9.17, 15) is 0 Å². The molecule has 2 saturated heterocycles. The Kier molecular flexibility index (Phi) is 7.62. The maximum atomic E-state index is 5.68. The first-order valence-corrected chi connectivity index (χ1v) is 11.1. The summed E-state index contributed by atoms with van der Waals surface area (Å²) < 4.78 is 5.68. The van der Waals surface area contributed by atoms with Gasteiger partial charge in [0.2, 0.25) is 0 Å². The molecule has 2 atom stereocenters. The third-order valence-corrected chi connectivity index (χ3v) is 6.78. The molecule has 26 heavy (non-hydrogen) atoms. The normalized spacial score (nSPS) is 30.3. The third kappa shape index (κ3) is 5.13. The summed E-state index contributed by atoms with van der Waals surface area (Å²) in [6, 6.07) is 0.587. The SMILES string of the molecule is CCNC(=NCC1(N2CCCC2)CCOCC1)NC1CCCC(CC)C1. The second kappa shape index (κ2) is 9.93. The first kappa shape index (κ1) is 19.9. The van der Waals surface area contributed by atoms with Crippen LogP contribution >= 0.6 is 0 Å². The summed E-state index contributed by atoms with van der Waals surface area (Å²) in [5.41, 5.74) is 0.218. The molecule has 0 spiro atoms. The quantitative estimate of drug-likeness (QED) is 0.561. The van der Waals surface area contributed by atoms with E-state index in [1.54, 1.807) is 0 Å². The van der Waals surface area contributed by atoms with Gasteiger partial charge in [0.05, 0.1) is 6.54 Å². The van der Waals surface area contributed by atoms with Crippen molar-refractivity contribution in [2.24, 2.45) is 10.9 Å². The maximum Gasteiger partial charge on any atom is 0.191 e. The lowest BCUT2D eigenvalue weighted by atomic mass is 9.84. The highest BCUT2D eigenvalue weighted by atomic mass is 16.5. The van der Waals surface area contributed by atoms with Crippen LogP contribution in [0, 0.1) is 5.92 Å². The van der Waals surface area contributed by atoms with Gasteiger partial charge in [-0.15, -0.1) is 0 Å². The molecule has 0 aromatic heterocycles. The molecule has 0 aromatic carbocycles. The number of hydrogen-bond acceptors (Lipinski definition) is 3. The number of aliphatic imine (C=N–C) groups is 1. The first-order valence-electron chi connectivity index (χ1n) is 11.1. The van der Waals surface area contributed by atoms with Crippen molar-refractivity contribution in [1.82, 2.24) is 15.5 Å². The van der Waals surface area contributed by atoms with Gasteiger partial charge in [0.25, 0.3) is 0 Å². The van der Waals surface area contributed by atoms with Gasteiger partial charge in [0, 0.05) is 31.3 Å². The molecule has 3 fully saturated rings. The van der Waals surface area contributed by atoms with Crippen LogP contribution in [0.15, 0.2) is 4.99 Å². The van der Waals surface area contributed by atoms with Crippen molar-refractivity contribution in [3.63, 3.8) is 0 Å². The zero-order valence-corrected chi connectivity index (χ0v) is 17.1. The average molecular weight is 365 g/mol. The lowest BCUT2D eigenvalue weighted by molar-refractivity contribution is -0.0139. The minimum atomic E-state index is 0.218. The number of rotatable bonds is 6. The highest BCUT2D eigenvalue weighted by molar-refractivity contribution is 5.80. The largest absolute Gasteiger partial charge is 0.381 e. The predicted octanol–water partition coefficient (Wildman–Crippen LogP) is 3.16. The predicted molar refractivity (Wildman–Crippen MR) is 109 cm³/mol. The molecule has 0 amide bonds. The molecule has 0 aromatic rings. The fraction of sp³-hybridized carbons (Fsp3) is 0.952. The second-order valence-corrected chi connectivity index (χ2v) is 8.51. The van der Waals surface area contributed by atoms with Crippen LogP contribution in [-0.2, 0) is 4.74 Å². The third-order valence-electron chi connectivity index (χ3n) is 6.78. The van der Waals surface area contributed by atoms with Gasteiger partial charge < -0.3 is 15.4 Å². The minimum Gasteiger partial charge on any atom is -0.381 e. The number of nitrogens with one attached hydrogen (secondary N) is 2. The molecule has 5 nitrogen and oxygen atoms in total. The molecule has 5 heteroatoms. The number of nitrogens with zero attached hydrogens (tertiary/aromatic N) is 2. The average Bonchev–Trinajstić information content (AvgIpc) is 3.23. The maximum absolute atomic E-state index is 5.68. The summed E-state index contributed by atoms with van der Waals surface area (Å²) in [5.74, 6) is 1.91. The van der Waals surface area contributed by atoms with E-state index in [-0.39, 0.29) is 5.54 Å². The van der Waals surface area contributed by atoms with Gasteiger partial charge >= 0.3 is 0 Å². The Morgan fingerprint density at radius 3 is 2.58 bits per heavy atom. The van der Waals surface area contributed by atoms with E-state index < -0.39 is 0 Å². The second-order valence-electron chi connectivity index (χ2n) is 8.51. The van der Waals surface area contributed by atoms with Gasteiger partial charge in [-0.2, -0.15) is 0 Å². The van der Waals surface area contributed by atoms with Gasteiger partial charge in [0.1, 0.15) is 0 Å². The number of likely N-dealkylation sites (tertiary alicyclic amines) is 1. The van der Waals surface area contributed by atoms with Crippen molar-refractivity contribution >= 4 is 5.96 Å². The smallest absolute Gasteiger partial charge is 0.191 e. The Balaban J connectivity index is 1.64. The van der Waals surface area contributed by atoms with E-state index in [0.29, 0.717) is 6.04 Å². The van der Waals surface area contributed by atoms with Crippen molar-refractivity contribution in [1.29, 1.82) is 0 Å². The van der Waals surface area contributed by atoms with Gasteiger partial charge in [0.15, 0.2) is 5.96 Å². The van der Waals surface area contributed by atoms with Crippen molar-refractivity contribution in [2.45, 2.75) is 83.2 Å². The summed E-state index contributed by atoms with van der Waals surface area (Å²) in [4.78, 5) is 7.80. The van der Waals surface area contributed by atoms with Crippen LogP contribution in [0.4, 0.5) is 0 Å². The standard InChI is InChI=1S/C21H40N4O/c1-3-18-8-7-9-19(16-18)24-20(22-4-2)23-17-21(10-14-26-15-11-21)25-12-5-6-13-25/h18-19H,3-17H2,1-2H3,(H2,22,23,24). The molecular formula is C21H40N4O. The van der Waals surface area contributed by atoms with Gasteiger partial charge in [-0.25, -0.2) is 0 Å². The fourth-order valence-corrected chi connectivity index (χ4v) is 5.05. The van der Waals surface area contributed by atoms with Crippen molar-refractivity contribution in [2.75, 3.05) is 39.4 Å². The van der Waals surface area contributed by atoms with Crippen LogP contribution in [0.25, 0.3) is 0 Å². The van der Waals surface area contributed by atoms with Crippen molar-refractivity contribution < 1.29 is 4.74 Å². The molecule has 2 aliphatic heterocycles. The zero-order chi connectivity index (χ0) is 18.2. The highest BCUT2D eigenvalue weighted by Crippen LogP contribution is 2.32. The minimum absolute atomic E-state index is 0.218. The Hall–Kier alpha value is -0.810. The molecule has 3 rings (SSSR count). The highest BCUT2D eigenvalue weighted by Gasteiger charge is 2.39. The molecule has 3 aliphatic rings. The fourth-order valence-electron chi connectivity index (χ4n) is 5.05. The van der Waals surface area contributed by atoms with Gasteiger partial charge in [-0.3, -0.25) is 9.89 Å². The lowest BCUT2D eigenvalue weighted by Gasteiger charge is -2.43. The number of guanidine groups is 1. The summed E-state index contributed by atoms with van der Waals surface area (Å²) in [5, 5.41) is 7.26. The monoisotopic (exact) mass is 364 g/mol. The van der Waals surface area contributed by atoms with Crippen LogP contribution in [0.3, 0.4) is 0 Å². The molecule has 1 saturated carbocycles. The van der Waals surface area contributed by atoms with Gasteiger partial charge in [-0.1, -0.05) is 26.2 Å². The van der Waals surface area contributed by atoms with Crippen LogP contribution in [0.2, 0.25) is 0 Å². The van der Waals surface area contributed by atoms with Crippen LogP contribution < -0.4 is 10.6 Å². The Labute approximate surface area is 160 Å². The zero-order valence-electron chi connectivity index (χ0n) is 17.1. The number of hydrogen-bond donors (Lipinski definition) is 2. The van der Waals surface area contributed by atoms with E-state index in [2.05, 4.69) is 29.4 Å². The summed E-state index contributed by atoms with van der Waals surface area (Å²) in [6.07, 6.45) is 11.6. The van der Waals surface area contributed by atoms with Crippen LogP contribution in [0.5, 0.6) is 0 Å². The molecule has 0 radical (unpaired) electrons. The van der Waals surface area contributed by atoms with E-state index in [1.807, 2.05) is 0 Å². The Morgan fingerprint density at radius 2 is 1.88 bits per heavy atom. The summed E-state index contributed by atoms with van der Waals surface area (Å²) in [6.45, 7) is 10.6. The lowest BCUT2D eigenvalue weighted by Crippen LogP contribution is -2.54. The molecular weight excluding hydrogens is 324 g/mol. The molecule has 1 aliphatic carbocycles. The Morgan fingerprint density at radius 1 is 1.12 bits per heavy atom. The van der Waals surface area contributed by atoms with E-state index in [1.165, 1.54) is 58.0 Å². The van der Waals surface area contributed by atoms with Crippen LogP contribution in [-0.4, -0.2) is 61.8 Å². The van der Waals surface area contributed by atoms with Gasteiger partial charge in [-0.05, 0) is 64.5 Å². The topological polar surface area (TPSA) is 48.9 Å². The van der Waals surface area contributed by atoms with Crippen LogP contribution in [0.1, 0.15) is 71.6 Å². The summed E-state index contributed by atoms with van der Waals surface area (Å²) in [7, 11) is 0. The van der Waals surface area contributed by atoms with E-state index >= 15 is 0 Å². The Bertz CT molecular complexity index is 441. The molecule has 2 unspecified atom stereocenters. The molecule has 150 valence electrons. The summed E-state index contributed by atoms with van der Waals surface area (Å²) >= 11 is 0. The molecule has 2 heterocycles. The first-order chi connectivity index (χ1) is 12.8. The van der Waals surface area contributed by atoms with E-state index in [0.717, 1.165) is 51.0 Å². The number of ether oxygens (including phenoxy) is 1. The molecule has 2 N–H and O–H groups in total. The van der Waals surface area contributed by atoms with Crippen molar-refractivity contribution in [3.8, 4) is 0 Å². The van der Waals surface area contributed by atoms with E-state index in [4.69, 9.17) is 9.73 Å². The molecule has 0 bridgehead atoms.